The molecule has 11 nitrogen and oxygen atoms in total. The lowest BCUT2D eigenvalue weighted by atomic mass is 10.1. The molecule has 3 atom stereocenters. The van der Waals surface area contributed by atoms with E-state index in [4.69, 9.17) is 15.9 Å². The second-order valence-corrected chi connectivity index (χ2v) is 5.74. The second kappa shape index (κ2) is 8.97. The van der Waals surface area contributed by atoms with Crippen LogP contribution in [0.1, 0.15) is 26.2 Å². The van der Waals surface area contributed by atoms with Crippen molar-refractivity contribution in [1.82, 2.24) is 15.5 Å². The maximum Gasteiger partial charge on any atom is 0.325 e. The molecule has 0 radical (unpaired) electrons. The minimum atomic E-state index is -1.24. The minimum absolute atomic E-state index is 0.270. The maximum absolute atomic E-state index is 12.2. The van der Waals surface area contributed by atoms with E-state index >= 15 is 0 Å². The van der Waals surface area contributed by atoms with Crippen LogP contribution in [-0.2, 0) is 24.0 Å². The lowest BCUT2D eigenvalue weighted by molar-refractivity contribution is -0.144. The Hall–Kier alpha value is -2.69. The average molecular weight is 358 g/mol. The molecule has 1 rings (SSSR count). The summed E-state index contributed by atoms with van der Waals surface area (Å²) in [5.41, 5.74) is 5.54. The molecule has 0 aromatic carbocycles. The molecule has 3 unspecified atom stereocenters. The Kier molecular flexibility index (Phi) is 7.30. The third-order valence-electron chi connectivity index (χ3n) is 3.72. The molecule has 1 aliphatic rings. The van der Waals surface area contributed by atoms with Crippen LogP contribution >= 0.6 is 0 Å². The summed E-state index contributed by atoms with van der Waals surface area (Å²) < 4.78 is 0. The van der Waals surface area contributed by atoms with Gasteiger partial charge in [0.15, 0.2) is 0 Å². The number of carbonyl (C=O) groups is 5. The molecule has 0 aromatic rings. The summed E-state index contributed by atoms with van der Waals surface area (Å²) in [5.74, 6) is -4.32. The lowest BCUT2D eigenvalue weighted by Crippen LogP contribution is -2.53. The zero-order valence-corrected chi connectivity index (χ0v) is 13.7. The van der Waals surface area contributed by atoms with Gasteiger partial charge in [0.1, 0.15) is 12.1 Å². The summed E-state index contributed by atoms with van der Waals surface area (Å²) >= 11 is 0. The van der Waals surface area contributed by atoms with Crippen LogP contribution in [0.2, 0.25) is 0 Å². The summed E-state index contributed by atoms with van der Waals surface area (Å²) in [6.45, 7) is 1.12. The molecule has 1 fully saturated rings. The molecule has 6 N–H and O–H groups in total. The molecule has 140 valence electrons. The quantitative estimate of drug-likeness (QED) is 0.315. The molecule has 0 aromatic heterocycles. The molecular weight excluding hydrogens is 336 g/mol. The van der Waals surface area contributed by atoms with Crippen molar-refractivity contribution in [3.63, 3.8) is 0 Å². The number of carboxylic acids is 2. The van der Waals surface area contributed by atoms with E-state index in [1.54, 1.807) is 0 Å². The normalized spacial score (nSPS) is 19.0. The molecule has 0 spiro atoms. The number of rotatable bonds is 8. The van der Waals surface area contributed by atoms with E-state index in [1.807, 2.05) is 0 Å². The van der Waals surface area contributed by atoms with Gasteiger partial charge in [0, 0.05) is 6.54 Å². The van der Waals surface area contributed by atoms with Gasteiger partial charge < -0.3 is 31.5 Å². The highest BCUT2D eigenvalue weighted by Crippen LogP contribution is 2.18. The van der Waals surface area contributed by atoms with E-state index < -0.39 is 60.8 Å². The molecule has 0 bridgehead atoms. The number of nitrogens with one attached hydrogen (secondary N) is 2. The van der Waals surface area contributed by atoms with Gasteiger partial charge >= 0.3 is 11.9 Å². The van der Waals surface area contributed by atoms with Crippen molar-refractivity contribution < 1.29 is 34.2 Å². The monoisotopic (exact) mass is 358 g/mol. The minimum Gasteiger partial charge on any atom is -0.481 e. The fraction of sp³-hybridized carbons (Fsp3) is 0.643. The SMILES string of the molecule is CC(NC(=O)CNC(=O)C1CCCN1C(=O)C(N)CC(=O)O)C(=O)O. The molecule has 1 aliphatic heterocycles. The van der Waals surface area contributed by atoms with Gasteiger partial charge in [0.05, 0.1) is 19.0 Å². The van der Waals surface area contributed by atoms with Crippen LogP contribution in [0.4, 0.5) is 0 Å². The van der Waals surface area contributed by atoms with Gasteiger partial charge in [-0.15, -0.1) is 0 Å². The highest BCUT2D eigenvalue weighted by atomic mass is 16.4. The fourth-order valence-electron chi connectivity index (χ4n) is 2.43. The first-order valence-corrected chi connectivity index (χ1v) is 7.71. The first-order valence-electron chi connectivity index (χ1n) is 7.71. The molecule has 11 heteroatoms. The van der Waals surface area contributed by atoms with Crippen LogP contribution in [-0.4, -0.2) is 76.0 Å². The number of nitrogens with two attached hydrogens (primary N) is 1. The van der Waals surface area contributed by atoms with Crippen molar-refractivity contribution in [2.75, 3.05) is 13.1 Å². The molecule has 1 heterocycles. The summed E-state index contributed by atoms with van der Waals surface area (Å²) in [6, 6.07) is -3.18. The smallest absolute Gasteiger partial charge is 0.325 e. The van der Waals surface area contributed by atoms with Gasteiger partial charge in [-0.3, -0.25) is 24.0 Å². The van der Waals surface area contributed by atoms with E-state index in [9.17, 15) is 24.0 Å². The number of carbonyl (C=O) groups excluding carboxylic acids is 3. The number of hydrogen-bond acceptors (Lipinski definition) is 6. The zero-order chi connectivity index (χ0) is 19.1. The number of aliphatic carboxylic acids is 2. The third kappa shape index (κ3) is 6.03. The van der Waals surface area contributed by atoms with Gasteiger partial charge in [-0.05, 0) is 19.8 Å². The number of hydrogen-bond donors (Lipinski definition) is 5. The Labute approximate surface area is 143 Å². The van der Waals surface area contributed by atoms with Crippen LogP contribution < -0.4 is 16.4 Å². The zero-order valence-electron chi connectivity index (χ0n) is 13.7. The Morgan fingerprint density at radius 1 is 1.24 bits per heavy atom. The first kappa shape index (κ1) is 20.4. The Morgan fingerprint density at radius 2 is 1.88 bits per heavy atom. The maximum atomic E-state index is 12.2. The summed E-state index contributed by atoms with van der Waals surface area (Å²) in [4.78, 5) is 58.4. The second-order valence-electron chi connectivity index (χ2n) is 5.74. The van der Waals surface area contributed by atoms with Crippen LogP contribution in [0.3, 0.4) is 0 Å². The van der Waals surface area contributed by atoms with Gasteiger partial charge in [-0.25, -0.2) is 0 Å². The molecule has 25 heavy (non-hydrogen) atoms. The molecule has 0 aliphatic carbocycles. The number of carboxylic acid groups (broad SMARTS) is 2. The highest BCUT2D eigenvalue weighted by Gasteiger charge is 2.36. The van der Waals surface area contributed by atoms with Crippen molar-refractivity contribution in [2.45, 2.75) is 44.3 Å². The summed E-state index contributed by atoms with van der Waals surface area (Å²) in [5, 5.41) is 21.9. The van der Waals surface area contributed by atoms with Crippen LogP contribution in [0.15, 0.2) is 0 Å². The average Bonchev–Trinajstić information content (AvgIpc) is 3.00. The number of amides is 3. The Bertz CT molecular complexity index is 565. The van der Waals surface area contributed by atoms with E-state index in [2.05, 4.69) is 10.6 Å². The van der Waals surface area contributed by atoms with Crippen molar-refractivity contribution in [3.05, 3.63) is 0 Å². The van der Waals surface area contributed by atoms with E-state index in [0.29, 0.717) is 12.8 Å². The van der Waals surface area contributed by atoms with Crippen LogP contribution in [0, 0.1) is 0 Å². The predicted octanol–water partition coefficient (Wildman–Crippen LogP) is -2.52. The van der Waals surface area contributed by atoms with E-state index in [0.717, 1.165) is 0 Å². The lowest BCUT2D eigenvalue weighted by Gasteiger charge is -2.26. The van der Waals surface area contributed by atoms with Crippen LogP contribution in [0.5, 0.6) is 0 Å². The van der Waals surface area contributed by atoms with Gasteiger partial charge in [-0.2, -0.15) is 0 Å². The topological polar surface area (TPSA) is 179 Å². The number of likely N-dealkylation sites (tertiary alicyclic amines) is 1. The molecule has 0 saturated carbocycles. The van der Waals surface area contributed by atoms with Gasteiger partial charge in [0.25, 0.3) is 0 Å². The van der Waals surface area contributed by atoms with Crippen molar-refractivity contribution in [3.8, 4) is 0 Å². The first-order chi connectivity index (χ1) is 11.6. The molecule has 1 saturated heterocycles. The fourth-order valence-corrected chi connectivity index (χ4v) is 2.43. The van der Waals surface area contributed by atoms with Crippen molar-refractivity contribution in [2.24, 2.45) is 5.73 Å². The predicted molar refractivity (Wildman–Crippen MR) is 83.2 cm³/mol. The largest absolute Gasteiger partial charge is 0.481 e. The number of nitrogens with zero attached hydrogens (tertiary/aromatic N) is 1. The van der Waals surface area contributed by atoms with Crippen molar-refractivity contribution >= 4 is 29.7 Å². The standard InChI is InChI=1S/C14H22N4O7/c1-7(14(24)25)17-10(19)6-16-12(22)9-3-2-4-18(9)13(23)8(15)5-11(20)21/h7-9H,2-6,15H2,1H3,(H,16,22)(H,17,19)(H,20,21)(H,24,25). The third-order valence-corrected chi connectivity index (χ3v) is 3.72. The summed E-state index contributed by atoms with van der Waals surface area (Å²) in [7, 11) is 0. The van der Waals surface area contributed by atoms with Gasteiger partial charge in [-0.1, -0.05) is 0 Å². The van der Waals surface area contributed by atoms with Gasteiger partial charge in [0.2, 0.25) is 17.7 Å². The molecule has 3 amide bonds. The van der Waals surface area contributed by atoms with E-state index in [1.165, 1.54) is 11.8 Å². The Morgan fingerprint density at radius 3 is 2.44 bits per heavy atom. The van der Waals surface area contributed by atoms with Crippen LogP contribution in [0.25, 0.3) is 0 Å². The summed E-state index contributed by atoms with van der Waals surface area (Å²) in [6.07, 6.45) is 0.371. The molecular formula is C14H22N4O7. The highest BCUT2D eigenvalue weighted by molar-refractivity contribution is 5.93. The Balaban J connectivity index is 2.56. The van der Waals surface area contributed by atoms with E-state index in [-0.39, 0.29) is 6.54 Å². The van der Waals surface area contributed by atoms with Crippen molar-refractivity contribution in [1.29, 1.82) is 0 Å².